The van der Waals surface area contributed by atoms with Crippen LogP contribution in [0.25, 0.3) is 17.2 Å². The monoisotopic (exact) mass is 482 g/mol. The number of hydrogen-bond donors (Lipinski definition) is 1. The Balaban J connectivity index is 1.89. The van der Waals surface area contributed by atoms with Gasteiger partial charge >= 0.3 is 18.5 Å². The van der Waals surface area contributed by atoms with Crippen molar-refractivity contribution >= 4 is 12.0 Å². The zero-order valence-electron chi connectivity index (χ0n) is 17.2. The maximum atomic E-state index is 13.2. The molecule has 4 nitrogen and oxygen atoms in total. The molecule has 0 amide bonds. The van der Waals surface area contributed by atoms with Crippen LogP contribution < -0.4 is 9.47 Å². The molecule has 10 heteroatoms. The summed E-state index contributed by atoms with van der Waals surface area (Å²) in [5.41, 5.74) is 0.294. The summed E-state index contributed by atoms with van der Waals surface area (Å²) in [6.07, 6.45) is -7.37. The summed E-state index contributed by atoms with van der Waals surface area (Å²) >= 11 is 0. The standard InChI is InChI=1S/C24H16F6O4/c25-23(26,27)20-4-2-1-3-18(20)14-33-21-11-7-16(13-17(21)8-12-22(31)32)15-5-9-19(10-6-15)34-24(28,29)30/h1-13H,14H2,(H,31,32). The predicted molar refractivity (Wildman–Crippen MR) is 111 cm³/mol. The summed E-state index contributed by atoms with van der Waals surface area (Å²) in [5, 5.41) is 8.95. The molecule has 0 saturated carbocycles. The first-order chi connectivity index (χ1) is 15.9. The third-order valence-electron chi connectivity index (χ3n) is 4.54. The van der Waals surface area contributed by atoms with Gasteiger partial charge in [-0.25, -0.2) is 4.79 Å². The molecule has 0 radical (unpaired) electrons. The van der Waals surface area contributed by atoms with Gasteiger partial charge in [-0.3, -0.25) is 0 Å². The number of halogens is 6. The molecule has 1 N–H and O–H groups in total. The van der Waals surface area contributed by atoms with Gasteiger partial charge < -0.3 is 14.6 Å². The van der Waals surface area contributed by atoms with Crippen LogP contribution in [0.3, 0.4) is 0 Å². The number of rotatable bonds is 7. The molecular formula is C24H16F6O4. The molecule has 0 aliphatic carbocycles. The highest BCUT2D eigenvalue weighted by molar-refractivity contribution is 5.86. The van der Waals surface area contributed by atoms with Crippen LogP contribution in [0, 0.1) is 0 Å². The fourth-order valence-corrected chi connectivity index (χ4v) is 3.08. The molecule has 0 spiro atoms. The molecule has 0 unspecified atom stereocenters. The summed E-state index contributed by atoms with van der Waals surface area (Å²) < 4.78 is 86.1. The maximum Gasteiger partial charge on any atom is 0.573 e. The van der Waals surface area contributed by atoms with Crippen molar-refractivity contribution in [1.29, 1.82) is 0 Å². The number of benzene rings is 3. The van der Waals surface area contributed by atoms with Crippen LogP contribution in [0.1, 0.15) is 16.7 Å². The largest absolute Gasteiger partial charge is 0.573 e. The minimum atomic E-state index is -4.83. The van der Waals surface area contributed by atoms with Crippen molar-refractivity contribution in [2.75, 3.05) is 0 Å². The Hall–Kier alpha value is -3.95. The van der Waals surface area contributed by atoms with E-state index in [0.717, 1.165) is 24.3 Å². The lowest BCUT2D eigenvalue weighted by Crippen LogP contribution is -2.16. The van der Waals surface area contributed by atoms with E-state index in [-0.39, 0.29) is 16.9 Å². The molecule has 0 heterocycles. The van der Waals surface area contributed by atoms with Gasteiger partial charge in [-0.1, -0.05) is 36.4 Å². The molecule has 3 rings (SSSR count). The van der Waals surface area contributed by atoms with Crippen molar-refractivity contribution in [2.45, 2.75) is 19.1 Å². The van der Waals surface area contributed by atoms with Crippen LogP contribution in [-0.2, 0) is 17.6 Å². The lowest BCUT2D eigenvalue weighted by molar-refractivity contribution is -0.274. The number of carbonyl (C=O) groups is 1. The minimum absolute atomic E-state index is 0.104. The van der Waals surface area contributed by atoms with Crippen molar-refractivity contribution in [3.8, 4) is 22.6 Å². The van der Waals surface area contributed by atoms with Gasteiger partial charge in [0.15, 0.2) is 0 Å². The van der Waals surface area contributed by atoms with E-state index < -0.39 is 36.4 Å². The Morgan fingerprint density at radius 3 is 2.15 bits per heavy atom. The number of alkyl halides is 6. The topological polar surface area (TPSA) is 55.8 Å². The first-order valence-corrected chi connectivity index (χ1v) is 9.61. The van der Waals surface area contributed by atoms with Gasteiger partial charge in [0.2, 0.25) is 0 Å². The van der Waals surface area contributed by atoms with Gasteiger partial charge in [0.25, 0.3) is 0 Å². The molecule has 0 fully saturated rings. The molecule has 0 atom stereocenters. The van der Waals surface area contributed by atoms with E-state index in [4.69, 9.17) is 9.84 Å². The molecule has 3 aromatic carbocycles. The number of ether oxygens (including phenoxy) is 2. The summed E-state index contributed by atoms with van der Waals surface area (Å²) in [5.74, 6) is -1.55. The van der Waals surface area contributed by atoms with Crippen molar-refractivity contribution in [2.24, 2.45) is 0 Å². The maximum absolute atomic E-state index is 13.2. The highest BCUT2D eigenvalue weighted by atomic mass is 19.4. The van der Waals surface area contributed by atoms with Gasteiger partial charge in [-0.05, 0) is 47.5 Å². The number of carboxylic acid groups (broad SMARTS) is 1. The molecule has 34 heavy (non-hydrogen) atoms. The Morgan fingerprint density at radius 2 is 1.53 bits per heavy atom. The Kier molecular flexibility index (Phi) is 7.19. The lowest BCUT2D eigenvalue weighted by Gasteiger charge is -2.15. The Bertz CT molecular complexity index is 1180. The first kappa shape index (κ1) is 24.7. The predicted octanol–water partition coefficient (Wildman–Crippen LogP) is 6.95. The van der Waals surface area contributed by atoms with E-state index in [9.17, 15) is 31.1 Å². The Morgan fingerprint density at radius 1 is 0.882 bits per heavy atom. The van der Waals surface area contributed by atoms with Crippen LogP contribution >= 0.6 is 0 Å². The normalized spacial score (nSPS) is 12.1. The van der Waals surface area contributed by atoms with Gasteiger partial charge in [0, 0.05) is 17.2 Å². The second kappa shape index (κ2) is 9.90. The molecular weight excluding hydrogens is 466 g/mol. The first-order valence-electron chi connectivity index (χ1n) is 9.61. The summed E-state index contributed by atoms with van der Waals surface area (Å²) in [6, 6.07) is 14.4. The molecule has 0 aliphatic heterocycles. The Labute approximate surface area is 189 Å². The van der Waals surface area contributed by atoms with Gasteiger partial charge in [-0.15, -0.1) is 13.2 Å². The zero-order chi connectivity index (χ0) is 24.9. The van der Waals surface area contributed by atoms with Crippen molar-refractivity contribution < 1.29 is 45.7 Å². The van der Waals surface area contributed by atoms with Crippen LogP contribution in [0.4, 0.5) is 26.3 Å². The third-order valence-corrected chi connectivity index (χ3v) is 4.54. The lowest BCUT2D eigenvalue weighted by atomic mass is 10.0. The average Bonchev–Trinajstić information content (AvgIpc) is 2.75. The van der Waals surface area contributed by atoms with Crippen LogP contribution in [0.15, 0.2) is 72.8 Å². The minimum Gasteiger partial charge on any atom is -0.488 e. The molecule has 178 valence electrons. The molecule has 0 aromatic heterocycles. The summed E-state index contributed by atoms with van der Waals surface area (Å²) in [7, 11) is 0. The highest BCUT2D eigenvalue weighted by Gasteiger charge is 2.33. The van der Waals surface area contributed by atoms with Crippen molar-refractivity contribution in [3.05, 3.63) is 89.5 Å². The van der Waals surface area contributed by atoms with E-state index in [1.807, 2.05) is 0 Å². The number of hydrogen-bond acceptors (Lipinski definition) is 3. The summed E-state index contributed by atoms with van der Waals surface area (Å²) in [6.45, 7) is -0.424. The van der Waals surface area contributed by atoms with E-state index in [1.165, 1.54) is 48.5 Å². The van der Waals surface area contributed by atoms with Crippen LogP contribution in [-0.4, -0.2) is 17.4 Å². The van der Waals surface area contributed by atoms with Crippen LogP contribution in [0.2, 0.25) is 0 Å². The zero-order valence-corrected chi connectivity index (χ0v) is 17.2. The second-order valence-corrected chi connectivity index (χ2v) is 6.94. The van der Waals surface area contributed by atoms with Gasteiger partial charge in [0.1, 0.15) is 18.1 Å². The number of aliphatic carboxylic acids is 1. The molecule has 0 bridgehead atoms. The third kappa shape index (κ3) is 6.77. The van der Waals surface area contributed by atoms with Gasteiger partial charge in [0.05, 0.1) is 5.56 Å². The highest BCUT2D eigenvalue weighted by Crippen LogP contribution is 2.34. The van der Waals surface area contributed by atoms with E-state index in [2.05, 4.69) is 4.74 Å². The molecule has 0 saturated heterocycles. The van der Waals surface area contributed by atoms with E-state index >= 15 is 0 Å². The summed E-state index contributed by atoms with van der Waals surface area (Å²) in [4.78, 5) is 11.0. The quantitative estimate of drug-likeness (QED) is 0.293. The molecule has 3 aromatic rings. The fourth-order valence-electron chi connectivity index (χ4n) is 3.08. The van der Waals surface area contributed by atoms with Crippen LogP contribution in [0.5, 0.6) is 11.5 Å². The number of carboxylic acids is 1. The smallest absolute Gasteiger partial charge is 0.488 e. The second-order valence-electron chi connectivity index (χ2n) is 6.94. The van der Waals surface area contributed by atoms with E-state index in [0.29, 0.717) is 11.1 Å². The van der Waals surface area contributed by atoms with E-state index in [1.54, 1.807) is 6.07 Å². The SMILES string of the molecule is O=C(O)C=Cc1cc(-c2ccc(OC(F)(F)F)cc2)ccc1OCc1ccccc1C(F)(F)F. The van der Waals surface area contributed by atoms with Crippen molar-refractivity contribution in [1.82, 2.24) is 0 Å². The average molecular weight is 482 g/mol. The molecule has 0 aliphatic rings. The van der Waals surface area contributed by atoms with Gasteiger partial charge in [-0.2, -0.15) is 13.2 Å². The van der Waals surface area contributed by atoms with Crippen molar-refractivity contribution in [3.63, 3.8) is 0 Å². The fraction of sp³-hybridized carbons (Fsp3) is 0.125.